The zero-order valence-corrected chi connectivity index (χ0v) is 26.6. The van der Waals surface area contributed by atoms with E-state index in [0.717, 1.165) is 11.1 Å². The number of thiazole rings is 1. The van der Waals surface area contributed by atoms with Crippen molar-refractivity contribution in [2.75, 3.05) is 20.2 Å². The summed E-state index contributed by atoms with van der Waals surface area (Å²) in [5.41, 5.74) is 3.09. The summed E-state index contributed by atoms with van der Waals surface area (Å²) in [4.78, 5) is 35.1. The lowest BCUT2D eigenvalue weighted by atomic mass is 9.94. The van der Waals surface area contributed by atoms with Crippen LogP contribution in [0, 0.1) is 0 Å². The minimum absolute atomic E-state index is 0.155. The smallest absolute Gasteiger partial charge is 0.271 e. The predicted molar refractivity (Wildman–Crippen MR) is 172 cm³/mol. The van der Waals surface area contributed by atoms with E-state index in [0.29, 0.717) is 60.8 Å². The highest BCUT2D eigenvalue weighted by molar-refractivity contribution is 7.07. The maximum atomic E-state index is 14.2. The van der Waals surface area contributed by atoms with Crippen LogP contribution in [0.3, 0.4) is 0 Å². The van der Waals surface area contributed by atoms with Crippen LogP contribution in [0.4, 0.5) is 0 Å². The number of ether oxygens (including phenoxy) is 2. The van der Waals surface area contributed by atoms with Crippen molar-refractivity contribution < 1.29 is 14.3 Å². The molecule has 2 heterocycles. The molecule has 4 aromatic rings. The molecular weight excluding hydrogens is 605 g/mol. The van der Waals surface area contributed by atoms with Crippen LogP contribution in [0.15, 0.2) is 87.8 Å². The predicted octanol–water partition coefficient (Wildman–Crippen LogP) is 6.00. The van der Waals surface area contributed by atoms with Gasteiger partial charge in [-0.2, -0.15) is 0 Å². The summed E-state index contributed by atoms with van der Waals surface area (Å²) in [6, 6.07) is 19.6. The van der Waals surface area contributed by atoms with Crippen molar-refractivity contribution in [1.82, 2.24) is 9.47 Å². The minimum Gasteiger partial charge on any atom is -0.496 e. The number of methoxy groups -OCH3 is 1. The molecule has 0 aliphatic carbocycles. The molecule has 222 valence electrons. The second kappa shape index (κ2) is 13.2. The molecule has 1 aliphatic rings. The number of amides is 1. The fraction of sp³-hybridized carbons (Fsp3) is 0.242. The van der Waals surface area contributed by atoms with Crippen LogP contribution in [0.1, 0.15) is 43.5 Å². The molecule has 5 rings (SSSR count). The monoisotopic (exact) mass is 635 g/mol. The third kappa shape index (κ3) is 6.13. The Morgan fingerprint density at radius 3 is 2.42 bits per heavy atom. The molecule has 0 saturated heterocycles. The van der Waals surface area contributed by atoms with E-state index in [4.69, 9.17) is 37.7 Å². The van der Waals surface area contributed by atoms with Gasteiger partial charge in [0.15, 0.2) is 4.80 Å². The van der Waals surface area contributed by atoms with Crippen LogP contribution in [-0.4, -0.2) is 35.6 Å². The first-order valence-electron chi connectivity index (χ1n) is 13.9. The summed E-state index contributed by atoms with van der Waals surface area (Å²) in [7, 11) is 1.58. The number of halogens is 2. The molecule has 0 radical (unpaired) electrons. The summed E-state index contributed by atoms with van der Waals surface area (Å²) in [5, 5.41) is 0.931. The molecule has 43 heavy (non-hydrogen) atoms. The van der Waals surface area contributed by atoms with E-state index in [-0.39, 0.29) is 18.1 Å². The molecular formula is C33H31Cl2N3O4S. The number of fused-ring (bicyclic) bond motifs is 1. The molecule has 0 bridgehead atoms. The fourth-order valence-electron chi connectivity index (χ4n) is 5.13. The SMILES string of the molecule is CCN(CC)C(=O)C1=C(C)N=c2s/c(=C/c3ccccc3OCc3ccc(Cl)c(Cl)c3)c(=O)n2[C@H]1c1ccccc1OC. The van der Waals surface area contributed by atoms with Crippen molar-refractivity contribution in [3.8, 4) is 11.5 Å². The third-order valence-corrected chi connectivity index (χ3v) is 9.04. The Hall–Kier alpha value is -3.85. The van der Waals surface area contributed by atoms with E-state index in [1.165, 1.54) is 11.3 Å². The Labute approximate surface area is 263 Å². The van der Waals surface area contributed by atoms with E-state index in [1.807, 2.05) is 75.4 Å². The molecule has 7 nitrogen and oxygen atoms in total. The summed E-state index contributed by atoms with van der Waals surface area (Å²) >= 11 is 13.5. The van der Waals surface area contributed by atoms with Crippen LogP contribution in [0.25, 0.3) is 6.08 Å². The molecule has 0 N–H and O–H groups in total. The number of para-hydroxylation sites is 2. The molecule has 0 spiro atoms. The number of nitrogens with zero attached hydrogens (tertiary/aromatic N) is 3. The Kier molecular flexibility index (Phi) is 9.40. The van der Waals surface area contributed by atoms with Gasteiger partial charge in [0.25, 0.3) is 11.5 Å². The summed E-state index contributed by atoms with van der Waals surface area (Å²) in [6.07, 6.45) is 1.80. The average molecular weight is 637 g/mol. The Bertz CT molecular complexity index is 1890. The fourth-order valence-corrected chi connectivity index (χ4v) is 6.48. The molecule has 0 fully saturated rings. The van der Waals surface area contributed by atoms with Gasteiger partial charge in [-0.25, -0.2) is 4.99 Å². The standard InChI is InChI=1S/C33H31Cl2N3O4S/c1-5-37(6-2)32(40)29-20(3)36-33-38(30(29)23-12-8-10-14-27(23)41-4)31(39)28(43-33)18-22-11-7-9-13-26(22)42-19-21-15-16-24(34)25(35)17-21/h7-18,30H,5-6,19H2,1-4H3/b28-18+/t30-/m0/s1. The maximum absolute atomic E-state index is 14.2. The van der Waals surface area contributed by atoms with Crippen molar-refractivity contribution in [2.24, 2.45) is 4.99 Å². The first kappa shape index (κ1) is 30.6. The molecule has 3 aromatic carbocycles. The van der Waals surface area contributed by atoms with Gasteiger partial charge in [0.2, 0.25) is 0 Å². The molecule has 0 saturated carbocycles. The normalized spacial score (nSPS) is 14.7. The second-order valence-corrected chi connectivity index (χ2v) is 11.7. The molecule has 1 atom stereocenters. The van der Waals surface area contributed by atoms with Crippen LogP contribution < -0.4 is 24.4 Å². The van der Waals surface area contributed by atoms with E-state index in [2.05, 4.69) is 0 Å². The zero-order chi connectivity index (χ0) is 30.7. The van der Waals surface area contributed by atoms with Gasteiger partial charge in [-0.1, -0.05) is 77.0 Å². The molecule has 1 aromatic heterocycles. The van der Waals surface area contributed by atoms with E-state index >= 15 is 0 Å². The number of hydrogen-bond donors (Lipinski definition) is 0. The van der Waals surface area contributed by atoms with Gasteiger partial charge < -0.3 is 14.4 Å². The molecule has 10 heteroatoms. The van der Waals surface area contributed by atoms with Gasteiger partial charge in [0, 0.05) is 24.2 Å². The first-order chi connectivity index (χ1) is 20.8. The topological polar surface area (TPSA) is 73.1 Å². The van der Waals surface area contributed by atoms with Crippen molar-refractivity contribution in [3.63, 3.8) is 0 Å². The highest BCUT2D eigenvalue weighted by Crippen LogP contribution is 2.36. The lowest BCUT2D eigenvalue weighted by Crippen LogP contribution is -2.43. The minimum atomic E-state index is -0.705. The number of allylic oxidation sites excluding steroid dienone is 1. The second-order valence-electron chi connectivity index (χ2n) is 9.88. The highest BCUT2D eigenvalue weighted by atomic mass is 35.5. The lowest BCUT2D eigenvalue weighted by Gasteiger charge is -2.29. The van der Waals surface area contributed by atoms with E-state index in [1.54, 1.807) is 34.8 Å². The summed E-state index contributed by atoms with van der Waals surface area (Å²) in [6.45, 7) is 7.04. The third-order valence-electron chi connectivity index (χ3n) is 7.32. The van der Waals surface area contributed by atoms with Gasteiger partial charge in [0.1, 0.15) is 24.1 Å². The Balaban J connectivity index is 1.62. The van der Waals surface area contributed by atoms with Crippen LogP contribution in [0.5, 0.6) is 11.5 Å². The number of likely N-dealkylation sites (N-methyl/N-ethyl adjacent to an activating group) is 1. The maximum Gasteiger partial charge on any atom is 0.271 e. The lowest BCUT2D eigenvalue weighted by molar-refractivity contribution is -0.127. The van der Waals surface area contributed by atoms with Crippen LogP contribution in [0.2, 0.25) is 10.0 Å². The van der Waals surface area contributed by atoms with Gasteiger partial charge in [0.05, 0.1) is 33.0 Å². The molecule has 1 aliphatic heterocycles. The molecule has 1 amide bonds. The van der Waals surface area contributed by atoms with E-state index < -0.39 is 6.04 Å². The molecule has 0 unspecified atom stereocenters. The number of carbonyl (C=O) groups excluding carboxylic acids is 1. The van der Waals surface area contributed by atoms with Crippen LogP contribution >= 0.6 is 34.5 Å². The van der Waals surface area contributed by atoms with Gasteiger partial charge in [-0.15, -0.1) is 0 Å². The van der Waals surface area contributed by atoms with Gasteiger partial charge in [-0.3, -0.25) is 14.2 Å². The number of carbonyl (C=O) groups is 1. The van der Waals surface area contributed by atoms with Crippen molar-refractivity contribution in [2.45, 2.75) is 33.4 Å². The first-order valence-corrected chi connectivity index (χ1v) is 15.4. The summed E-state index contributed by atoms with van der Waals surface area (Å²) < 4.78 is 13.9. The van der Waals surface area contributed by atoms with E-state index in [9.17, 15) is 9.59 Å². The average Bonchev–Trinajstić information content (AvgIpc) is 3.31. The van der Waals surface area contributed by atoms with Crippen LogP contribution in [-0.2, 0) is 11.4 Å². The van der Waals surface area contributed by atoms with Gasteiger partial charge in [-0.05, 0) is 56.7 Å². The van der Waals surface area contributed by atoms with Crippen molar-refractivity contribution >= 4 is 46.5 Å². The summed E-state index contributed by atoms with van der Waals surface area (Å²) in [5.74, 6) is 1.04. The Morgan fingerprint density at radius 2 is 1.72 bits per heavy atom. The number of hydrogen-bond acceptors (Lipinski definition) is 6. The highest BCUT2D eigenvalue weighted by Gasteiger charge is 2.35. The number of aromatic nitrogens is 1. The largest absolute Gasteiger partial charge is 0.496 e. The number of benzene rings is 3. The quantitative estimate of drug-likeness (QED) is 0.226. The Morgan fingerprint density at radius 1 is 1.02 bits per heavy atom. The zero-order valence-electron chi connectivity index (χ0n) is 24.3. The van der Waals surface area contributed by atoms with Gasteiger partial charge >= 0.3 is 0 Å². The number of rotatable bonds is 9. The van der Waals surface area contributed by atoms with Crippen molar-refractivity contribution in [1.29, 1.82) is 0 Å². The van der Waals surface area contributed by atoms with Crippen molar-refractivity contribution in [3.05, 3.63) is 124 Å².